The van der Waals surface area contributed by atoms with Gasteiger partial charge in [0.05, 0.1) is 12.6 Å². The smallest absolute Gasteiger partial charge is 0.353 e. The number of rotatable bonds is 7. The van der Waals surface area contributed by atoms with Gasteiger partial charge in [0.1, 0.15) is 0 Å². The minimum Gasteiger partial charge on any atom is -0.353 e. The molecule has 1 saturated heterocycles. The van der Waals surface area contributed by atoms with Crippen molar-refractivity contribution in [2.45, 2.75) is 63.6 Å². The number of amides is 2. The second-order valence-electron chi connectivity index (χ2n) is 7.90. The van der Waals surface area contributed by atoms with Gasteiger partial charge in [0.25, 0.3) is 0 Å². The number of carbonyl (C=O) groups is 2. The molecule has 0 spiro atoms. The molecule has 1 aliphatic carbocycles. The summed E-state index contributed by atoms with van der Waals surface area (Å²) < 4.78 is 37.1. The Kier molecular flexibility index (Phi) is 6.61. The van der Waals surface area contributed by atoms with Crippen molar-refractivity contribution in [1.82, 2.24) is 20.4 Å². The Labute approximate surface area is 162 Å². The zero-order valence-electron chi connectivity index (χ0n) is 15.8. The van der Waals surface area contributed by atoms with Gasteiger partial charge in [-0.25, -0.2) is 0 Å². The van der Waals surface area contributed by atoms with Crippen LogP contribution in [0.4, 0.5) is 13.2 Å². The molecule has 0 bridgehead atoms. The molecule has 1 aliphatic heterocycles. The molecule has 0 aromatic carbocycles. The fourth-order valence-corrected chi connectivity index (χ4v) is 4.41. The van der Waals surface area contributed by atoms with Gasteiger partial charge in [0.2, 0.25) is 11.8 Å². The summed E-state index contributed by atoms with van der Waals surface area (Å²) in [4.78, 5) is 26.0. The maximum Gasteiger partial charge on any atom is 0.389 e. The third-order valence-electron chi connectivity index (χ3n) is 5.84. The van der Waals surface area contributed by atoms with E-state index in [9.17, 15) is 22.8 Å². The zero-order chi connectivity index (χ0) is 20.1. The van der Waals surface area contributed by atoms with Crippen molar-refractivity contribution in [3.63, 3.8) is 0 Å². The lowest BCUT2D eigenvalue weighted by molar-refractivity contribution is -0.148. The molecule has 2 fully saturated rings. The Morgan fingerprint density at radius 3 is 2.79 bits per heavy atom. The maximum atomic E-state index is 12.4. The Hall–Kier alpha value is -2.06. The van der Waals surface area contributed by atoms with Crippen LogP contribution in [0.5, 0.6) is 0 Å². The highest BCUT2D eigenvalue weighted by Gasteiger charge is 2.42. The third kappa shape index (κ3) is 5.72. The van der Waals surface area contributed by atoms with Crippen LogP contribution in [0.25, 0.3) is 0 Å². The number of nitrogens with one attached hydrogen (secondary N) is 2. The Morgan fingerprint density at radius 1 is 1.25 bits per heavy atom. The summed E-state index contributed by atoms with van der Waals surface area (Å²) in [5.41, 5.74) is 1.06. The van der Waals surface area contributed by atoms with Crippen LogP contribution < -0.4 is 5.32 Å². The van der Waals surface area contributed by atoms with Crippen molar-refractivity contribution in [2.24, 2.45) is 11.8 Å². The summed E-state index contributed by atoms with van der Waals surface area (Å²) in [6, 6.07) is 0.000548. The molecule has 3 rings (SSSR count). The van der Waals surface area contributed by atoms with Gasteiger partial charge in [-0.15, -0.1) is 0 Å². The quantitative estimate of drug-likeness (QED) is 0.739. The number of nitrogens with zero attached hydrogens (tertiary/aromatic N) is 2. The monoisotopic (exact) mass is 400 g/mol. The first-order valence-electron chi connectivity index (χ1n) is 9.93. The van der Waals surface area contributed by atoms with Crippen LogP contribution in [0.2, 0.25) is 0 Å². The largest absolute Gasteiger partial charge is 0.389 e. The highest BCUT2D eigenvalue weighted by molar-refractivity contribution is 5.77. The van der Waals surface area contributed by atoms with E-state index < -0.39 is 24.9 Å². The second-order valence-corrected chi connectivity index (χ2v) is 7.90. The predicted octanol–water partition coefficient (Wildman–Crippen LogP) is 2.82. The van der Waals surface area contributed by atoms with Crippen LogP contribution in [-0.4, -0.2) is 52.2 Å². The molecule has 6 nitrogen and oxygen atoms in total. The summed E-state index contributed by atoms with van der Waals surface area (Å²) in [5.74, 6) is -0.0332. The minimum absolute atomic E-state index is 0.000548. The van der Waals surface area contributed by atoms with Gasteiger partial charge in [-0.2, -0.15) is 18.3 Å². The van der Waals surface area contributed by atoms with Crippen molar-refractivity contribution in [3.8, 4) is 0 Å². The summed E-state index contributed by atoms with van der Waals surface area (Å²) in [5, 5.41) is 9.73. The molecule has 2 heterocycles. The topological polar surface area (TPSA) is 78.1 Å². The van der Waals surface area contributed by atoms with Crippen molar-refractivity contribution in [3.05, 3.63) is 18.0 Å². The van der Waals surface area contributed by atoms with Gasteiger partial charge in [-0.3, -0.25) is 14.7 Å². The second kappa shape index (κ2) is 8.96. The number of halogens is 3. The summed E-state index contributed by atoms with van der Waals surface area (Å²) >= 11 is 0. The lowest BCUT2D eigenvalue weighted by Gasteiger charge is -2.33. The van der Waals surface area contributed by atoms with E-state index in [1.165, 1.54) is 0 Å². The summed E-state index contributed by atoms with van der Waals surface area (Å²) in [7, 11) is 0. The molecule has 156 valence electrons. The molecule has 0 radical (unpaired) electrons. The number of aromatic amines is 1. The predicted molar refractivity (Wildman–Crippen MR) is 96.2 cm³/mol. The number of alkyl halides is 3. The molecular formula is C19H27F3N4O2. The summed E-state index contributed by atoms with van der Waals surface area (Å²) in [6.45, 7) is 0.954. The van der Waals surface area contributed by atoms with Gasteiger partial charge < -0.3 is 10.2 Å². The summed E-state index contributed by atoms with van der Waals surface area (Å²) in [6.07, 6.45) is 2.39. The van der Waals surface area contributed by atoms with E-state index in [4.69, 9.17) is 0 Å². The number of aromatic nitrogens is 2. The molecule has 2 aliphatic rings. The lowest BCUT2D eigenvalue weighted by Crippen LogP contribution is -2.45. The number of fused-ring (bicyclic) bond motifs is 1. The SMILES string of the molecule is O=C(CCCc1cn[nH]c1)N[C@H]1CCC[C@H]2CN(C(=O)CCC(F)(F)F)C[C@H]21. The van der Waals surface area contributed by atoms with E-state index in [2.05, 4.69) is 15.5 Å². The Balaban J connectivity index is 1.45. The van der Waals surface area contributed by atoms with Crippen molar-refractivity contribution in [1.29, 1.82) is 0 Å². The van der Waals surface area contributed by atoms with E-state index in [0.717, 1.165) is 37.7 Å². The van der Waals surface area contributed by atoms with E-state index in [0.29, 0.717) is 19.5 Å². The maximum absolute atomic E-state index is 12.4. The highest BCUT2D eigenvalue weighted by atomic mass is 19.4. The zero-order valence-corrected chi connectivity index (χ0v) is 15.8. The highest BCUT2D eigenvalue weighted by Crippen LogP contribution is 2.37. The molecule has 1 aromatic rings. The Morgan fingerprint density at radius 2 is 2.07 bits per heavy atom. The number of aryl methyl sites for hydroxylation is 1. The molecular weight excluding hydrogens is 373 g/mol. The fraction of sp³-hybridized carbons (Fsp3) is 0.737. The van der Waals surface area contributed by atoms with Gasteiger partial charge in [0.15, 0.2) is 0 Å². The molecule has 28 heavy (non-hydrogen) atoms. The van der Waals surface area contributed by atoms with E-state index in [1.807, 2.05) is 6.20 Å². The molecule has 9 heteroatoms. The molecule has 0 unspecified atom stereocenters. The van der Waals surface area contributed by atoms with E-state index >= 15 is 0 Å². The molecule has 1 aromatic heterocycles. The van der Waals surface area contributed by atoms with Gasteiger partial charge in [0, 0.05) is 44.1 Å². The Bertz CT molecular complexity index is 663. The van der Waals surface area contributed by atoms with Crippen LogP contribution in [0.3, 0.4) is 0 Å². The number of hydrogen-bond acceptors (Lipinski definition) is 3. The van der Waals surface area contributed by atoms with Gasteiger partial charge in [-0.05, 0) is 37.2 Å². The third-order valence-corrected chi connectivity index (χ3v) is 5.84. The standard InChI is InChI=1S/C19H27F3N4O2/c20-19(21,22)8-7-18(28)26-11-14-4-2-5-16(15(14)12-26)25-17(27)6-1-3-13-9-23-24-10-13/h9-10,14-16H,1-8,11-12H2,(H,23,24)(H,25,27)/t14-,15+,16-/m0/s1. The number of hydrogen-bond donors (Lipinski definition) is 2. The van der Waals surface area contributed by atoms with Crippen LogP contribution in [0.1, 0.15) is 50.5 Å². The lowest BCUT2D eigenvalue weighted by atomic mass is 9.78. The minimum atomic E-state index is -4.31. The van der Waals surface area contributed by atoms with Crippen LogP contribution >= 0.6 is 0 Å². The molecule has 1 saturated carbocycles. The fourth-order valence-electron chi connectivity index (χ4n) is 4.41. The van der Waals surface area contributed by atoms with Gasteiger partial charge >= 0.3 is 6.18 Å². The van der Waals surface area contributed by atoms with Crippen molar-refractivity contribution in [2.75, 3.05) is 13.1 Å². The molecule has 2 N–H and O–H groups in total. The van der Waals surface area contributed by atoms with Crippen molar-refractivity contribution < 1.29 is 22.8 Å². The first-order valence-corrected chi connectivity index (χ1v) is 9.93. The first-order chi connectivity index (χ1) is 13.3. The normalized spacial score (nSPS) is 24.8. The van der Waals surface area contributed by atoms with Crippen molar-refractivity contribution >= 4 is 11.8 Å². The van der Waals surface area contributed by atoms with Crippen LogP contribution in [0.15, 0.2) is 12.4 Å². The first kappa shape index (κ1) is 20.7. The number of carbonyl (C=O) groups excluding carboxylic acids is 2. The molecule has 2 amide bonds. The van der Waals surface area contributed by atoms with Crippen LogP contribution in [-0.2, 0) is 16.0 Å². The van der Waals surface area contributed by atoms with Gasteiger partial charge in [-0.1, -0.05) is 6.42 Å². The average Bonchev–Trinajstić information content (AvgIpc) is 3.29. The number of likely N-dealkylation sites (tertiary alicyclic amines) is 1. The van der Waals surface area contributed by atoms with E-state index in [1.54, 1.807) is 11.1 Å². The number of H-pyrrole nitrogens is 1. The molecule has 3 atom stereocenters. The average molecular weight is 400 g/mol. The van der Waals surface area contributed by atoms with E-state index in [-0.39, 0.29) is 23.8 Å². The van der Waals surface area contributed by atoms with Crippen LogP contribution in [0, 0.1) is 11.8 Å².